The third kappa shape index (κ3) is 2.90. The number of aliphatic hydroxyl groups excluding tert-OH is 1. The van der Waals surface area contributed by atoms with E-state index in [1.54, 1.807) is 6.92 Å². The summed E-state index contributed by atoms with van der Waals surface area (Å²) in [5, 5.41) is 12.0. The molecular formula is C9H15N3O2S. The van der Waals surface area contributed by atoms with Gasteiger partial charge in [-0.2, -0.15) is 0 Å². The van der Waals surface area contributed by atoms with Crippen LogP contribution in [-0.4, -0.2) is 43.2 Å². The monoisotopic (exact) mass is 229 g/mol. The Labute approximate surface area is 92.7 Å². The zero-order valence-electron chi connectivity index (χ0n) is 9.07. The van der Waals surface area contributed by atoms with Crippen LogP contribution in [-0.2, 0) is 0 Å². The number of aliphatic hydroxyl groups is 1. The van der Waals surface area contributed by atoms with E-state index in [4.69, 9.17) is 5.11 Å². The maximum absolute atomic E-state index is 11.6. The predicted molar refractivity (Wildman–Crippen MR) is 60.6 cm³/mol. The van der Waals surface area contributed by atoms with Crippen molar-refractivity contribution in [1.82, 2.24) is 10.3 Å². The van der Waals surface area contributed by atoms with Gasteiger partial charge in [0.25, 0.3) is 5.91 Å². The molecule has 0 unspecified atom stereocenters. The second-order valence-electron chi connectivity index (χ2n) is 3.28. The second kappa shape index (κ2) is 5.09. The fourth-order valence-corrected chi connectivity index (χ4v) is 1.94. The molecule has 1 heterocycles. The van der Waals surface area contributed by atoms with Crippen LogP contribution in [0, 0.1) is 6.92 Å². The minimum atomic E-state index is -0.174. The SMILES string of the molecule is Cc1nc(N(C)C)sc1C(=O)NCCO. The minimum absolute atomic E-state index is 0.0515. The molecule has 0 atom stereocenters. The number of carbonyl (C=O) groups is 1. The first-order valence-electron chi connectivity index (χ1n) is 4.60. The number of aromatic nitrogens is 1. The van der Waals surface area contributed by atoms with Gasteiger partial charge < -0.3 is 15.3 Å². The summed E-state index contributed by atoms with van der Waals surface area (Å²) in [6.07, 6.45) is 0. The van der Waals surface area contributed by atoms with Crippen LogP contribution in [0.5, 0.6) is 0 Å². The van der Waals surface area contributed by atoms with Crippen LogP contribution in [0.1, 0.15) is 15.4 Å². The summed E-state index contributed by atoms with van der Waals surface area (Å²) in [5.41, 5.74) is 0.721. The van der Waals surface area contributed by atoms with E-state index in [1.165, 1.54) is 11.3 Å². The summed E-state index contributed by atoms with van der Waals surface area (Å²) in [6, 6.07) is 0. The summed E-state index contributed by atoms with van der Waals surface area (Å²) in [5.74, 6) is -0.174. The fraction of sp³-hybridized carbons (Fsp3) is 0.556. The summed E-state index contributed by atoms with van der Waals surface area (Å²) in [6.45, 7) is 2.02. The van der Waals surface area contributed by atoms with Crippen LogP contribution in [0.25, 0.3) is 0 Å². The third-order valence-corrected chi connectivity index (χ3v) is 3.10. The van der Waals surface area contributed by atoms with Gasteiger partial charge in [0.15, 0.2) is 5.13 Å². The van der Waals surface area contributed by atoms with Crippen molar-refractivity contribution >= 4 is 22.4 Å². The Hall–Kier alpha value is -1.14. The Bertz CT molecular complexity index is 349. The number of anilines is 1. The van der Waals surface area contributed by atoms with Crippen LogP contribution >= 0.6 is 11.3 Å². The molecule has 1 aromatic heterocycles. The number of hydrogen-bond acceptors (Lipinski definition) is 5. The molecule has 0 saturated heterocycles. The number of rotatable bonds is 4. The van der Waals surface area contributed by atoms with Crippen molar-refractivity contribution in [1.29, 1.82) is 0 Å². The average Bonchev–Trinajstić information content (AvgIpc) is 2.57. The first kappa shape index (κ1) is 11.9. The molecule has 0 aliphatic heterocycles. The molecule has 1 rings (SSSR count). The van der Waals surface area contributed by atoms with E-state index < -0.39 is 0 Å². The van der Waals surface area contributed by atoms with E-state index in [2.05, 4.69) is 10.3 Å². The molecule has 0 saturated carbocycles. The highest BCUT2D eigenvalue weighted by atomic mass is 32.1. The lowest BCUT2D eigenvalue weighted by molar-refractivity contribution is 0.0948. The number of nitrogens with zero attached hydrogens (tertiary/aromatic N) is 2. The van der Waals surface area contributed by atoms with Crippen molar-refractivity contribution in [3.8, 4) is 0 Å². The molecule has 1 aromatic rings. The zero-order chi connectivity index (χ0) is 11.4. The lowest BCUT2D eigenvalue weighted by atomic mass is 10.4. The third-order valence-electron chi connectivity index (χ3n) is 1.77. The standard InChI is InChI=1S/C9H15N3O2S/c1-6-7(8(14)10-4-5-13)15-9(11-6)12(2)3/h13H,4-5H2,1-3H3,(H,10,14). The van der Waals surface area contributed by atoms with Gasteiger partial charge in [-0.25, -0.2) is 4.98 Å². The van der Waals surface area contributed by atoms with Crippen molar-refractivity contribution in [2.24, 2.45) is 0 Å². The van der Waals surface area contributed by atoms with Gasteiger partial charge >= 0.3 is 0 Å². The first-order valence-corrected chi connectivity index (χ1v) is 5.41. The number of amides is 1. The average molecular weight is 229 g/mol. The molecule has 5 nitrogen and oxygen atoms in total. The highest BCUT2D eigenvalue weighted by Gasteiger charge is 2.15. The first-order chi connectivity index (χ1) is 7.06. The molecule has 15 heavy (non-hydrogen) atoms. The number of thiazole rings is 1. The molecule has 0 fully saturated rings. The van der Waals surface area contributed by atoms with Gasteiger partial charge in [-0.3, -0.25) is 4.79 Å². The van der Waals surface area contributed by atoms with Crippen molar-refractivity contribution in [3.05, 3.63) is 10.6 Å². The van der Waals surface area contributed by atoms with Gasteiger partial charge in [-0.1, -0.05) is 11.3 Å². The molecular weight excluding hydrogens is 214 g/mol. The van der Waals surface area contributed by atoms with E-state index in [9.17, 15) is 4.79 Å². The maximum Gasteiger partial charge on any atom is 0.263 e. The topological polar surface area (TPSA) is 65.5 Å². The van der Waals surface area contributed by atoms with Crippen LogP contribution in [0.4, 0.5) is 5.13 Å². The largest absolute Gasteiger partial charge is 0.395 e. The lowest BCUT2D eigenvalue weighted by Gasteiger charge is -2.05. The van der Waals surface area contributed by atoms with Crippen molar-refractivity contribution in [2.45, 2.75) is 6.92 Å². The summed E-state index contributed by atoms with van der Waals surface area (Å²) < 4.78 is 0. The number of nitrogens with one attached hydrogen (secondary N) is 1. The predicted octanol–water partition coefficient (Wildman–Crippen LogP) is 0.240. The molecule has 6 heteroatoms. The fourth-order valence-electron chi connectivity index (χ4n) is 1.03. The molecule has 1 amide bonds. The highest BCUT2D eigenvalue weighted by Crippen LogP contribution is 2.24. The minimum Gasteiger partial charge on any atom is -0.395 e. The molecule has 0 radical (unpaired) electrons. The Balaban J connectivity index is 2.80. The summed E-state index contributed by atoms with van der Waals surface area (Å²) >= 11 is 1.35. The molecule has 0 bridgehead atoms. The van der Waals surface area contributed by atoms with Gasteiger partial charge in [-0.05, 0) is 6.92 Å². The van der Waals surface area contributed by atoms with Gasteiger partial charge in [0, 0.05) is 20.6 Å². The second-order valence-corrected chi connectivity index (χ2v) is 4.26. The van der Waals surface area contributed by atoms with Crippen LogP contribution in [0.15, 0.2) is 0 Å². The van der Waals surface area contributed by atoms with E-state index in [0.29, 0.717) is 4.88 Å². The molecule has 84 valence electrons. The van der Waals surface area contributed by atoms with Gasteiger partial charge in [0.05, 0.1) is 12.3 Å². The van der Waals surface area contributed by atoms with Crippen LogP contribution in [0.2, 0.25) is 0 Å². The van der Waals surface area contributed by atoms with Crippen LogP contribution < -0.4 is 10.2 Å². The zero-order valence-corrected chi connectivity index (χ0v) is 9.89. The Morgan fingerprint density at radius 2 is 2.27 bits per heavy atom. The molecule has 2 N–H and O–H groups in total. The Morgan fingerprint density at radius 1 is 1.60 bits per heavy atom. The van der Waals surface area contributed by atoms with Crippen molar-refractivity contribution < 1.29 is 9.90 Å². The smallest absolute Gasteiger partial charge is 0.263 e. The lowest BCUT2D eigenvalue weighted by Crippen LogP contribution is -2.26. The van der Waals surface area contributed by atoms with Gasteiger partial charge in [0.2, 0.25) is 0 Å². The Kier molecular flexibility index (Phi) is 4.05. The number of hydrogen-bond donors (Lipinski definition) is 2. The van der Waals surface area contributed by atoms with E-state index >= 15 is 0 Å². The number of carbonyl (C=O) groups excluding carboxylic acids is 1. The molecule has 0 aliphatic carbocycles. The number of aryl methyl sites for hydroxylation is 1. The van der Waals surface area contributed by atoms with E-state index in [0.717, 1.165) is 10.8 Å². The summed E-state index contributed by atoms with van der Waals surface area (Å²) in [4.78, 5) is 18.3. The molecule has 0 aliphatic rings. The maximum atomic E-state index is 11.6. The normalized spacial score (nSPS) is 10.1. The summed E-state index contributed by atoms with van der Waals surface area (Å²) in [7, 11) is 3.77. The van der Waals surface area contributed by atoms with E-state index in [-0.39, 0.29) is 19.1 Å². The van der Waals surface area contributed by atoms with Gasteiger partial charge in [0.1, 0.15) is 4.88 Å². The highest BCUT2D eigenvalue weighted by molar-refractivity contribution is 7.17. The quantitative estimate of drug-likeness (QED) is 0.776. The Morgan fingerprint density at radius 3 is 2.73 bits per heavy atom. The van der Waals surface area contributed by atoms with Crippen molar-refractivity contribution in [2.75, 3.05) is 32.1 Å². The molecule has 0 aromatic carbocycles. The van der Waals surface area contributed by atoms with Crippen molar-refractivity contribution in [3.63, 3.8) is 0 Å². The molecule has 0 spiro atoms. The van der Waals surface area contributed by atoms with Crippen LogP contribution in [0.3, 0.4) is 0 Å². The van der Waals surface area contributed by atoms with E-state index in [1.807, 2.05) is 19.0 Å². The van der Waals surface area contributed by atoms with Gasteiger partial charge in [-0.15, -0.1) is 0 Å².